The monoisotopic (exact) mass is 254 g/mol. The van der Waals surface area contributed by atoms with Crippen molar-refractivity contribution in [2.75, 3.05) is 14.2 Å². The van der Waals surface area contributed by atoms with Crippen LogP contribution in [0.4, 0.5) is 0 Å². The van der Waals surface area contributed by atoms with Gasteiger partial charge >= 0.3 is 0 Å². The lowest BCUT2D eigenvalue weighted by atomic mass is 10.1. The van der Waals surface area contributed by atoms with Gasteiger partial charge in [0.1, 0.15) is 6.29 Å². The number of allylic oxidation sites excluding steroid dienone is 1. The summed E-state index contributed by atoms with van der Waals surface area (Å²) < 4.78 is 10.3. The second-order valence-corrected chi connectivity index (χ2v) is 3.84. The van der Waals surface area contributed by atoms with E-state index < -0.39 is 0 Å². The highest BCUT2D eigenvalue weighted by Gasteiger charge is 2.10. The van der Waals surface area contributed by atoms with Crippen molar-refractivity contribution in [2.45, 2.75) is 13.3 Å². The van der Waals surface area contributed by atoms with Crippen LogP contribution < -0.4 is 9.47 Å². The summed E-state index contributed by atoms with van der Waals surface area (Å²) in [5, 5.41) is 0.458. The number of hydrogen-bond donors (Lipinski definition) is 0. The highest BCUT2D eigenvalue weighted by molar-refractivity contribution is 6.32. The van der Waals surface area contributed by atoms with Gasteiger partial charge in [0.15, 0.2) is 11.5 Å². The molecular weight excluding hydrogens is 240 g/mol. The molecule has 1 rings (SSSR count). The van der Waals surface area contributed by atoms with E-state index in [1.54, 1.807) is 25.3 Å². The third-order valence-corrected chi connectivity index (χ3v) is 2.65. The second kappa shape index (κ2) is 6.30. The zero-order valence-electron chi connectivity index (χ0n) is 10.1. The van der Waals surface area contributed by atoms with E-state index in [1.165, 1.54) is 7.11 Å². The van der Waals surface area contributed by atoms with Crippen LogP contribution in [0.15, 0.2) is 17.7 Å². The average molecular weight is 255 g/mol. The maximum Gasteiger partial charge on any atom is 0.179 e. The summed E-state index contributed by atoms with van der Waals surface area (Å²) in [4.78, 5) is 10.7. The first-order chi connectivity index (χ1) is 8.15. The minimum Gasteiger partial charge on any atom is -0.493 e. The van der Waals surface area contributed by atoms with Crippen molar-refractivity contribution in [2.24, 2.45) is 0 Å². The summed E-state index contributed by atoms with van der Waals surface area (Å²) in [7, 11) is 3.07. The van der Waals surface area contributed by atoms with Crippen LogP contribution in [0.1, 0.15) is 18.9 Å². The van der Waals surface area contributed by atoms with Crippen LogP contribution in [0, 0.1) is 0 Å². The van der Waals surface area contributed by atoms with Gasteiger partial charge in [-0.2, -0.15) is 0 Å². The Morgan fingerprint density at radius 1 is 1.35 bits per heavy atom. The fraction of sp³-hybridized carbons (Fsp3) is 0.308. The molecule has 0 fully saturated rings. The van der Waals surface area contributed by atoms with Gasteiger partial charge in [-0.25, -0.2) is 0 Å². The number of aldehydes is 1. The normalized spacial score (nSPS) is 11.2. The molecule has 0 saturated heterocycles. The molecule has 1 aromatic carbocycles. The van der Waals surface area contributed by atoms with Crippen LogP contribution >= 0.6 is 11.6 Å². The molecule has 0 unspecified atom stereocenters. The SMILES string of the molecule is CCC(C=O)=Cc1cc(Cl)c(OC)c(OC)c1. The van der Waals surface area contributed by atoms with Crippen molar-refractivity contribution in [3.63, 3.8) is 0 Å². The lowest BCUT2D eigenvalue weighted by molar-refractivity contribution is -0.104. The number of halogens is 1. The van der Waals surface area contributed by atoms with Crippen LogP contribution in [0.3, 0.4) is 0 Å². The van der Waals surface area contributed by atoms with Gasteiger partial charge < -0.3 is 9.47 Å². The van der Waals surface area contributed by atoms with Crippen molar-refractivity contribution in [1.82, 2.24) is 0 Å². The zero-order chi connectivity index (χ0) is 12.8. The van der Waals surface area contributed by atoms with Crippen LogP contribution in [0.5, 0.6) is 11.5 Å². The zero-order valence-corrected chi connectivity index (χ0v) is 10.9. The van der Waals surface area contributed by atoms with E-state index in [0.29, 0.717) is 28.5 Å². The van der Waals surface area contributed by atoms with E-state index in [9.17, 15) is 4.79 Å². The molecule has 0 radical (unpaired) electrons. The van der Waals surface area contributed by atoms with E-state index in [1.807, 2.05) is 6.92 Å². The lowest BCUT2D eigenvalue weighted by Gasteiger charge is -2.10. The van der Waals surface area contributed by atoms with Crippen molar-refractivity contribution in [3.8, 4) is 11.5 Å². The molecule has 0 aromatic heterocycles. The standard InChI is InChI=1S/C13H15ClO3/c1-4-9(8-15)5-10-6-11(14)13(17-3)12(7-10)16-2/h5-8H,4H2,1-3H3. The van der Waals surface area contributed by atoms with Crippen molar-refractivity contribution in [3.05, 3.63) is 28.3 Å². The van der Waals surface area contributed by atoms with Crippen LogP contribution in [-0.4, -0.2) is 20.5 Å². The van der Waals surface area contributed by atoms with Gasteiger partial charge in [-0.3, -0.25) is 4.79 Å². The topological polar surface area (TPSA) is 35.5 Å². The van der Waals surface area contributed by atoms with Gasteiger partial charge in [0.25, 0.3) is 0 Å². The summed E-state index contributed by atoms with van der Waals surface area (Å²) in [5.74, 6) is 1.04. The summed E-state index contributed by atoms with van der Waals surface area (Å²) in [6, 6.07) is 3.52. The Hall–Kier alpha value is -1.48. The number of rotatable bonds is 5. The Bertz CT molecular complexity index is 439. The summed E-state index contributed by atoms with van der Waals surface area (Å²) in [6.07, 6.45) is 3.29. The Balaban J connectivity index is 3.24. The van der Waals surface area contributed by atoms with E-state index in [-0.39, 0.29) is 0 Å². The van der Waals surface area contributed by atoms with E-state index >= 15 is 0 Å². The molecule has 0 aliphatic rings. The molecule has 0 saturated carbocycles. The van der Waals surface area contributed by atoms with E-state index in [2.05, 4.69) is 0 Å². The number of ether oxygens (including phenoxy) is 2. The van der Waals surface area contributed by atoms with Crippen molar-refractivity contribution >= 4 is 24.0 Å². The molecule has 0 N–H and O–H groups in total. The quantitative estimate of drug-likeness (QED) is 0.597. The van der Waals surface area contributed by atoms with Gasteiger partial charge in [-0.1, -0.05) is 18.5 Å². The van der Waals surface area contributed by atoms with Crippen LogP contribution in [-0.2, 0) is 4.79 Å². The van der Waals surface area contributed by atoms with Crippen LogP contribution in [0.2, 0.25) is 5.02 Å². The van der Waals surface area contributed by atoms with E-state index in [4.69, 9.17) is 21.1 Å². The first-order valence-corrected chi connectivity index (χ1v) is 5.61. The fourth-order valence-electron chi connectivity index (χ4n) is 1.45. The minimum atomic E-state index is 0.458. The second-order valence-electron chi connectivity index (χ2n) is 3.43. The Labute approximate surface area is 106 Å². The lowest BCUT2D eigenvalue weighted by Crippen LogP contribution is -1.92. The van der Waals surface area contributed by atoms with Gasteiger partial charge in [0, 0.05) is 0 Å². The summed E-state index contributed by atoms with van der Waals surface area (Å²) in [6.45, 7) is 1.92. The molecule has 17 heavy (non-hydrogen) atoms. The number of carbonyl (C=O) groups is 1. The van der Waals surface area contributed by atoms with E-state index in [0.717, 1.165) is 11.8 Å². The van der Waals surface area contributed by atoms with Gasteiger partial charge in [-0.05, 0) is 35.8 Å². The molecular formula is C13H15ClO3. The van der Waals surface area contributed by atoms with Crippen molar-refractivity contribution < 1.29 is 14.3 Å². The third-order valence-electron chi connectivity index (χ3n) is 2.37. The number of carbonyl (C=O) groups excluding carboxylic acids is 1. The predicted octanol–water partition coefficient (Wildman–Crippen LogP) is 3.35. The molecule has 0 aliphatic carbocycles. The minimum absolute atomic E-state index is 0.458. The molecule has 92 valence electrons. The molecule has 3 nitrogen and oxygen atoms in total. The molecule has 0 bridgehead atoms. The molecule has 1 aromatic rings. The summed E-state index contributed by atoms with van der Waals surface area (Å²) >= 11 is 6.06. The maximum absolute atomic E-state index is 10.7. The maximum atomic E-state index is 10.7. The Morgan fingerprint density at radius 3 is 2.53 bits per heavy atom. The average Bonchev–Trinajstić information content (AvgIpc) is 2.35. The third kappa shape index (κ3) is 3.24. The molecule has 4 heteroatoms. The first-order valence-electron chi connectivity index (χ1n) is 5.23. The Morgan fingerprint density at radius 2 is 2.06 bits per heavy atom. The van der Waals surface area contributed by atoms with Crippen molar-refractivity contribution in [1.29, 1.82) is 0 Å². The molecule has 0 aliphatic heterocycles. The smallest absolute Gasteiger partial charge is 0.179 e. The fourth-order valence-corrected chi connectivity index (χ4v) is 1.75. The van der Waals surface area contributed by atoms with Gasteiger partial charge in [-0.15, -0.1) is 0 Å². The summed E-state index contributed by atoms with van der Waals surface area (Å²) in [5.41, 5.74) is 1.52. The molecule has 0 amide bonds. The highest BCUT2D eigenvalue weighted by atomic mass is 35.5. The molecule has 0 spiro atoms. The molecule has 0 atom stereocenters. The first kappa shape index (κ1) is 13.6. The predicted molar refractivity (Wildman–Crippen MR) is 68.9 cm³/mol. The number of methoxy groups -OCH3 is 2. The molecule has 0 heterocycles. The number of benzene rings is 1. The number of hydrogen-bond acceptors (Lipinski definition) is 3. The van der Waals surface area contributed by atoms with Gasteiger partial charge in [0.05, 0.1) is 19.2 Å². The highest BCUT2D eigenvalue weighted by Crippen LogP contribution is 2.36. The largest absolute Gasteiger partial charge is 0.493 e. The van der Waals surface area contributed by atoms with Gasteiger partial charge in [0.2, 0.25) is 0 Å². The van der Waals surface area contributed by atoms with Crippen LogP contribution in [0.25, 0.3) is 6.08 Å². The Kier molecular flexibility index (Phi) is 5.04.